The van der Waals surface area contributed by atoms with Crippen molar-refractivity contribution >= 4 is 23.5 Å². The molecule has 0 aliphatic heterocycles. The Morgan fingerprint density at radius 3 is 2.42 bits per heavy atom. The summed E-state index contributed by atoms with van der Waals surface area (Å²) in [6.45, 7) is 13.2. The molecule has 0 N–H and O–H groups in total. The summed E-state index contributed by atoms with van der Waals surface area (Å²) in [5.41, 5.74) is 2.51. The summed E-state index contributed by atoms with van der Waals surface area (Å²) in [6, 6.07) is 5.91. The molecule has 1 aromatic carbocycles. The first kappa shape index (κ1) is 20.7. The fraction of sp³-hybridized carbons (Fsp3) is 0.579. The van der Waals surface area contributed by atoms with Crippen molar-refractivity contribution < 1.29 is 14.1 Å². The molecule has 0 saturated carbocycles. The lowest BCUT2D eigenvalue weighted by Gasteiger charge is -2.20. The fourth-order valence-electron chi connectivity index (χ4n) is 2.03. The maximum Gasteiger partial charge on any atom is 0.306 e. The Labute approximate surface area is 149 Å². The minimum atomic E-state index is -1.30. The van der Waals surface area contributed by atoms with Gasteiger partial charge in [-0.2, -0.15) is 0 Å². The summed E-state index contributed by atoms with van der Waals surface area (Å²) < 4.78 is 21.3. The van der Waals surface area contributed by atoms with Crippen molar-refractivity contribution in [2.24, 2.45) is 4.40 Å². The Morgan fingerprint density at radius 1 is 1.25 bits per heavy atom. The molecule has 0 heterocycles. The second-order valence-electron chi connectivity index (χ2n) is 7.83. The highest BCUT2D eigenvalue weighted by Gasteiger charge is 2.26. The topological polar surface area (TPSA) is 61.7 Å². The number of benzene rings is 1. The Bertz CT molecular complexity index is 598. The molecule has 0 aliphatic carbocycles. The zero-order valence-electron chi connectivity index (χ0n) is 15.8. The van der Waals surface area contributed by atoms with Crippen molar-refractivity contribution in [1.29, 1.82) is 0 Å². The van der Waals surface area contributed by atoms with Crippen LogP contribution in [0.2, 0.25) is 0 Å². The predicted molar refractivity (Wildman–Crippen MR) is 101 cm³/mol. The van der Waals surface area contributed by atoms with Crippen molar-refractivity contribution in [2.75, 3.05) is 0 Å². The molecule has 0 spiro atoms. The molecule has 24 heavy (non-hydrogen) atoms. The summed E-state index contributed by atoms with van der Waals surface area (Å²) >= 11 is -1.30. The molecular weight excluding hydrogens is 322 g/mol. The number of carbonyl (C=O) groups excluding carboxylic acids is 1. The van der Waals surface area contributed by atoms with Crippen molar-refractivity contribution in [2.45, 2.75) is 71.7 Å². The Morgan fingerprint density at radius 2 is 1.88 bits per heavy atom. The SMILES string of the molecule is Cc1cccc(CCC(=O)OC(C)(C)C)c1/C=N/[S@@+]([O-])C(C)(C)C. The summed E-state index contributed by atoms with van der Waals surface area (Å²) in [5.74, 6) is -0.217. The van der Waals surface area contributed by atoms with E-state index in [1.165, 1.54) is 0 Å². The van der Waals surface area contributed by atoms with Crippen LogP contribution in [0.5, 0.6) is 0 Å². The van der Waals surface area contributed by atoms with Gasteiger partial charge in [-0.15, -0.1) is 0 Å². The third-order valence-electron chi connectivity index (χ3n) is 3.23. The van der Waals surface area contributed by atoms with E-state index in [-0.39, 0.29) is 5.97 Å². The van der Waals surface area contributed by atoms with Gasteiger partial charge in [0.1, 0.15) is 21.7 Å². The standard InChI is InChI=1S/C19H29NO3S/c1-14-9-8-10-15(11-12-17(21)23-18(2,3)4)16(14)13-20-24(22)19(5,6)7/h8-10,13H,11-12H2,1-7H3/b20-13+/t24-/m0/s1. The number of esters is 1. The van der Waals surface area contributed by atoms with Crippen LogP contribution in [-0.4, -0.2) is 27.1 Å². The van der Waals surface area contributed by atoms with E-state index in [1.807, 2.05) is 66.7 Å². The second kappa shape index (κ2) is 8.17. The highest BCUT2D eigenvalue weighted by Crippen LogP contribution is 2.19. The van der Waals surface area contributed by atoms with Crippen LogP contribution < -0.4 is 0 Å². The van der Waals surface area contributed by atoms with Crippen molar-refractivity contribution in [1.82, 2.24) is 0 Å². The molecule has 0 aromatic heterocycles. The van der Waals surface area contributed by atoms with E-state index >= 15 is 0 Å². The number of ether oxygens (including phenoxy) is 1. The minimum Gasteiger partial charge on any atom is -0.591 e. The molecule has 4 nitrogen and oxygen atoms in total. The normalized spacial score (nSPS) is 14.0. The second-order valence-corrected chi connectivity index (χ2v) is 9.76. The summed E-state index contributed by atoms with van der Waals surface area (Å²) in [7, 11) is 0. The Hall–Kier alpha value is -1.33. The minimum absolute atomic E-state index is 0.217. The molecule has 0 fully saturated rings. The van der Waals surface area contributed by atoms with Crippen LogP contribution in [0.3, 0.4) is 0 Å². The first-order valence-electron chi connectivity index (χ1n) is 8.16. The molecule has 0 radical (unpaired) electrons. The monoisotopic (exact) mass is 351 g/mol. The van der Waals surface area contributed by atoms with Gasteiger partial charge >= 0.3 is 5.97 Å². The zero-order chi connectivity index (χ0) is 18.5. The molecule has 5 heteroatoms. The maximum atomic E-state index is 12.1. The number of carbonyl (C=O) groups is 1. The lowest BCUT2D eigenvalue weighted by molar-refractivity contribution is -0.154. The van der Waals surface area contributed by atoms with Gasteiger partial charge in [-0.1, -0.05) is 22.6 Å². The van der Waals surface area contributed by atoms with Crippen molar-refractivity contribution in [3.8, 4) is 0 Å². The Balaban J connectivity index is 2.88. The van der Waals surface area contributed by atoms with E-state index in [0.717, 1.165) is 16.7 Å². The molecule has 0 unspecified atom stereocenters. The van der Waals surface area contributed by atoms with Gasteiger partial charge in [-0.05, 0) is 66.0 Å². The van der Waals surface area contributed by atoms with E-state index < -0.39 is 21.7 Å². The van der Waals surface area contributed by atoms with Gasteiger partial charge in [0.2, 0.25) is 0 Å². The van der Waals surface area contributed by atoms with Crippen molar-refractivity contribution in [3.63, 3.8) is 0 Å². The van der Waals surface area contributed by atoms with Gasteiger partial charge in [-0.3, -0.25) is 4.79 Å². The summed E-state index contributed by atoms with van der Waals surface area (Å²) in [6.07, 6.45) is 2.55. The first-order valence-corrected chi connectivity index (χ1v) is 9.27. The lowest BCUT2D eigenvalue weighted by atomic mass is 9.99. The van der Waals surface area contributed by atoms with Gasteiger partial charge in [0.25, 0.3) is 0 Å². The van der Waals surface area contributed by atoms with Gasteiger partial charge in [0.05, 0.1) is 6.21 Å². The average Bonchev–Trinajstić information content (AvgIpc) is 2.40. The average molecular weight is 352 g/mol. The van der Waals surface area contributed by atoms with Crippen LogP contribution in [0.1, 0.15) is 64.7 Å². The van der Waals surface area contributed by atoms with Crippen LogP contribution in [0.25, 0.3) is 0 Å². The largest absolute Gasteiger partial charge is 0.591 e. The predicted octanol–water partition coefficient (Wildman–Crippen LogP) is 4.15. The van der Waals surface area contributed by atoms with Gasteiger partial charge in [0, 0.05) is 12.0 Å². The molecule has 1 atom stereocenters. The van der Waals surface area contributed by atoms with E-state index in [2.05, 4.69) is 4.40 Å². The molecular formula is C19H29NO3S. The molecule has 1 rings (SSSR count). The number of rotatable bonds is 5. The molecule has 0 amide bonds. The van der Waals surface area contributed by atoms with Crippen molar-refractivity contribution in [3.05, 3.63) is 34.9 Å². The number of hydrogen-bond acceptors (Lipinski definition) is 4. The molecule has 0 saturated heterocycles. The van der Waals surface area contributed by atoms with Crippen LogP contribution in [0.4, 0.5) is 0 Å². The quantitative estimate of drug-likeness (QED) is 0.455. The van der Waals surface area contributed by atoms with E-state index in [9.17, 15) is 9.35 Å². The number of aryl methyl sites for hydroxylation is 2. The summed E-state index contributed by atoms with van der Waals surface area (Å²) in [4.78, 5) is 11.9. The number of nitrogens with zero attached hydrogens (tertiary/aromatic N) is 1. The third-order valence-corrected chi connectivity index (χ3v) is 4.58. The van der Waals surface area contributed by atoms with Crippen LogP contribution in [0.15, 0.2) is 22.6 Å². The molecule has 134 valence electrons. The third kappa shape index (κ3) is 7.05. The van der Waals surface area contributed by atoms with E-state index in [4.69, 9.17) is 4.74 Å². The smallest absolute Gasteiger partial charge is 0.306 e. The highest BCUT2D eigenvalue weighted by atomic mass is 32.2. The summed E-state index contributed by atoms with van der Waals surface area (Å²) in [5, 5.41) is 0. The lowest BCUT2D eigenvalue weighted by Crippen LogP contribution is -2.26. The molecule has 0 bridgehead atoms. The van der Waals surface area contributed by atoms with Gasteiger partial charge in [-0.25, -0.2) is 0 Å². The first-order chi connectivity index (χ1) is 10.9. The van der Waals surface area contributed by atoms with E-state index in [0.29, 0.717) is 12.8 Å². The van der Waals surface area contributed by atoms with Crippen LogP contribution >= 0.6 is 0 Å². The van der Waals surface area contributed by atoms with Gasteiger partial charge < -0.3 is 9.29 Å². The Kier molecular flexibility index (Phi) is 7.05. The van der Waals surface area contributed by atoms with E-state index in [1.54, 1.807) is 6.21 Å². The maximum absolute atomic E-state index is 12.1. The van der Waals surface area contributed by atoms with Crippen LogP contribution in [0, 0.1) is 6.92 Å². The molecule has 0 aliphatic rings. The highest BCUT2D eigenvalue weighted by molar-refractivity contribution is 7.91. The number of hydrogen-bond donors (Lipinski definition) is 0. The van der Waals surface area contributed by atoms with Crippen LogP contribution in [-0.2, 0) is 27.3 Å². The fourth-order valence-corrected chi connectivity index (χ4v) is 2.55. The van der Waals surface area contributed by atoms with Gasteiger partial charge in [0.15, 0.2) is 0 Å². The zero-order valence-corrected chi connectivity index (χ0v) is 16.6. The molecule has 1 aromatic rings.